The Kier molecular flexibility index (Phi) is 9.84. The molecule has 69 heavy (non-hydrogen) atoms. The minimum absolute atomic E-state index is 0.896. The Hall–Kier alpha value is -9.18. The Morgan fingerprint density at radius 1 is 0.290 bits per heavy atom. The molecule has 0 spiro atoms. The van der Waals surface area contributed by atoms with E-state index in [-0.39, 0.29) is 0 Å². The summed E-state index contributed by atoms with van der Waals surface area (Å²) in [5.74, 6) is 0. The molecular formula is C66H44N2O. The first-order valence-electron chi connectivity index (χ1n) is 23.6. The molecule has 0 saturated heterocycles. The number of fused-ring (bicyclic) bond motifs is 6. The van der Waals surface area contributed by atoms with E-state index in [4.69, 9.17) is 4.42 Å². The van der Waals surface area contributed by atoms with Crippen molar-refractivity contribution in [1.29, 1.82) is 0 Å². The third-order valence-corrected chi connectivity index (χ3v) is 13.6. The van der Waals surface area contributed by atoms with Gasteiger partial charge in [0.25, 0.3) is 0 Å². The van der Waals surface area contributed by atoms with Crippen molar-refractivity contribution >= 4 is 60.8 Å². The fraction of sp³-hybridized carbons (Fsp3) is 0. The van der Waals surface area contributed by atoms with Gasteiger partial charge in [0.2, 0.25) is 0 Å². The van der Waals surface area contributed by atoms with Crippen molar-refractivity contribution < 1.29 is 4.42 Å². The number of hydrogen-bond acceptors (Lipinski definition) is 2. The third-order valence-electron chi connectivity index (χ3n) is 13.6. The molecule has 13 aromatic rings. The molecule has 3 heteroatoms. The first kappa shape index (κ1) is 40.1. The van der Waals surface area contributed by atoms with Gasteiger partial charge in [-0.15, -0.1) is 0 Å². The zero-order valence-electron chi connectivity index (χ0n) is 37.7. The summed E-state index contributed by atoms with van der Waals surface area (Å²) in [4.78, 5) is 2.43. The summed E-state index contributed by atoms with van der Waals surface area (Å²) in [6.45, 7) is 0. The van der Waals surface area contributed by atoms with Crippen molar-refractivity contribution in [3.05, 3.63) is 267 Å². The van der Waals surface area contributed by atoms with Crippen molar-refractivity contribution in [2.24, 2.45) is 0 Å². The molecule has 2 aromatic heterocycles. The monoisotopic (exact) mass is 880 g/mol. The van der Waals surface area contributed by atoms with E-state index >= 15 is 0 Å². The second-order valence-corrected chi connectivity index (χ2v) is 17.6. The lowest BCUT2D eigenvalue weighted by Gasteiger charge is -2.30. The molecule has 0 bridgehead atoms. The maximum atomic E-state index is 6.51. The Labute approximate surface area is 401 Å². The maximum Gasteiger partial charge on any atom is 0.143 e. The second kappa shape index (κ2) is 16.9. The van der Waals surface area contributed by atoms with E-state index in [2.05, 4.69) is 264 Å². The number of anilines is 3. The number of benzene rings is 11. The van der Waals surface area contributed by atoms with Gasteiger partial charge >= 0.3 is 0 Å². The maximum absolute atomic E-state index is 6.51. The highest BCUT2D eigenvalue weighted by atomic mass is 16.3. The summed E-state index contributed by atoms with van der Waals surface area (Å²) >= 11 is 0. The first-order chi connectivity index (χ1) is 34.2. The molecule has 0 saturated carbocycles. The molecule has 0 unspecified atom stereocenters. The van der Waals surface area contributed by atoms with Gasteiger partial charge in [0.15, 0.2) is 0 Å². The molecule has 324 valence electrons. The summed E-state index contributed by atoms with van der Waals surface area (Å²) in [5, 5.41) is 4.75. The predicted molar refractivity (Wildman–Crippen MR) is 290 cm³/mol. The lowest BCUT2D eigenvalue weighted by atomic mass is 9.95. The Morgan fingerprint density at radius 3 is 1.46 bits per heavy atom. The van der Waals surface area contributed by atoms with Crippen LogP contribution in [0.5, 0.6) is 0 Å². The van der Waals surface area contributed by atoms with E-state index in [1.807, 2.05) is 12.1 Å². The highest BCUT2D eigenvalue weighted by molar-refractivity contribution is 6.11. The molecule has 11 aromatic carbocycles. The van der Waals surface area contributed by atoms with Gasteiger partial charge in [-0.2, -0.15) is 0 Å². The van der Waals surface area contributed by atoms with Crippen LogP contribution in [-0.4, -0.2) is 4.57 Å². The minimum atomic E-state index is 0.896. The number of furan rings is 1. The summed E-state index contributed by atoms with van der Waals surface area (Å²) < 4.78 is 8.92. The van der Waals surface area contributed by atoms with Crippen LogP contribution in [-0.2, 0) is 0 Å². The molecular weight excluding hydrogens is 837 g/mol. The van der Waals surface area contributed by atoms with E-state index in [9.17, 15) is 0 Å². The lowest BCUT2D eigenvalue weighted by molar-refractivity contribution is 0.670. The van der Waals surface area contributed by atoms with E-state index in [1.165, 1.54) is 38.5 Å². The van der Waals surface area contributed by atoms with Gasteiger partial charge in [-0.3, -0.25) is 0 Å². The summed E-state index contributed by atoms with van der Waals surface area (Å²) in [5.41, 5.74) is 20.0. The van der Waals surface area contributed by atoms with Crippen LogP contribution in [0.2, 0.25) is 0 Å². The van der Waals surface area contributed by atoms with Crippen molar-refractivity contribution in [2.75, 3.05) is 4.90 Å². The van der Waals surface area contributed by atoms with E-state index < -0.39 is 0 Å². The molecule has 0 amide bonds. The van der Waals surface area contributed by atoms with Crippen molar-refractivity contribution in [2.45, 2.75) is 0 Å². The number of para-hydroxylation sites is 7. The second-order valence-electron chi connectivity index (χ2n) is 17.6. The molecule has 0 N–H and O–H groups in total. The lowest BCUT2D eigenvalue weighted by Crippen LogP contribution is -2.12. The van der Waals surface area contributed by atoms with Gasteiger partial charge in [0, 0.05) is 49.5 Å². The fourth-order valence-electron chi connectivity index (χ4n) is 10.4. The van der Waals surface area contributed by atoms with Crippen molar-refractivity contribution in [3.63, 3.8) is 0 Å². The summed E-state index contributed by atoms with van der Waals surface area (Å²) in [6, 6.07) is 96.1. The van der Waals surface area contributed by atoms with Crippen LogP contribution in [0.3, 0.4) is 0 Å². The van der Waals surface area contributed by atoms with Crippen molar-refractivity contribution in [3.8, 4) is 61.3 Å². The Balaban J connectivity index is 0.943. The zero-order valence-corrected chi connectivity index (χ0v) is 37.7. The third kappa shape index (κ3) is 6.99. The van der Waals surface area contributed by atoms with Crippen LogP contribution >= 0.6 is 0 Å². The smallest absolute Gasteiger partial charge is 0.143 e. The fourth-order valence-corrected chi connectivity index (χ4v) is 10.4. The average molecular weight is 881 g/mol. The first-order valence-corrected chi connectivity index (χ1v) is 23.6. The highest BCUT2D eigenvalue weighted by Gasteiger charge is 2.22. The SMILES string of the molecule is c1ccc(-c2cccc(-c3ccccc3N(c3ccc(-c4cccc5c4oc4ccccc45)cc3)c3ccccc3-c3ccc(-c4ccccc4-n4c5ccccc5c5ccccc54)cc3)c2)cc1. The molecule has 0 aliphatic rings. The molecule has 0 aliphatic carbocycles. The summed E-state index contributed by atoms with van der Waals surface area (Å²) in [7, 11) is 0. The summed E-state index contributed by atoms with van der Waals surface area (Å²) in [6.07, 6.45) is 0. The van der Waals surface area contributed by atoms with Gasteiger partial charge in [-0.05, 0) is 88.0 Å². The van der Waals surface area contributed by atoms with Crippen LogP contribution in [0.15, 0.2) is 271 Å². The van der Waals surface area contributed by atoms with E-state index in [0.29, 0.717) is 0 Å². The number of aromatic nitrogens is 1. The predicted octanol–water partition coefficient (Wildman–Crippen LogP) is 18.5. The van der Waals surface area contributed by atoms with Crippen LogP contribution in [0.4, 0.5) is 17.1 Å². The number of hydrogen-bond donors (Lipinski definition) is 0. The Bertz CT molecular complexity index is 3960. The molecule has 0 atom stereocenters. The normalized spacial score (nSPS) is 11.5. The van der Waals surface area contributed by atoms with Gasteiger partial charge in [0.1, 0.15) is 11.2 Å². The van der Waals surface area contributed by atoms with E-state index in [0.717, 1.165) is 83.6 Å². The van der Waals surface area contributed by atoms with Gasteiger partial charge in [-0.25, -0.2) is 0 Å². The molecule has 2 heterocycles. The average Bonchev–Trinajstić information content (AvgIpc) is 3.98. The van der Waals surface area contributed by atoms with Gasteiger partial charge < -0.3 is 13.9 Å². The minimum Gasteiger partial charge on any atom is -0.455 e. The standard InChI is InChI=1S/C66H44N2O/c1-2-18-45(19-3-1)49-20-16-21-50(44-49)54-24-6-11-31-61(54)67(51-42-40-48(41-43-51)55-28-17-29-59-58-27-9-15-35-65(58)69-66(55)59)60-30-10-4-22-52(60)46-36-38-47(39-37-46)53-23-5-12-32-62(53)68-63-33-13-7-25-56(63)57-26-8-14-34-64(57)68/h1-44H. The largest absolute Gasteiger partial charge is 0.455 e. The van der Waals surface area contributed by atoms with E-state index in [1.54, 1.807) is 0 Å². The zero-order chi connectivity index (χ0) is 45.7. The van der Waals surface area contributed by atoms with Crippen LogP contribution in [0.25, 0.3) is 105 Å². The van der Waals surface area contributed by atoms with Gasteiger partial charge in [-0.1, -0.05) is 212 Å². The van der Waals surface area contributed by atoms with Crippen LogP contribution in [0, 0.1) is 0 Å². The Morgan fingerprint density at radius 2 is 0.754 bits per heavy atom. The quantitative estimate of drug-likeness (QED) is 0.144. The molecule has 0 radical (unpaired) electrons. The number of rotatable bonds is 9. The highest BCUT2D eigenvalue weighted by Crippen LogP contribution is 2.46. The van der Waals surface area contributed by atoms with Crippen molar-refractivity contribution in [1.82, 2.24) is 4.57 Å². The number of nitrogens with zero attached hydrogens (tertiary/aromatic N) is 2. The topological polar surface area (TPSA) is 21.3 Å². The van der Waals surface area contributed by atoms with Crippen LogP contribution in [0.1, 0.15) is 0 Å². The molecule has 13 rings (SSSR count). The molecule has 3 nitrogen and oxygen atoms in total. The molecule has 0 aliphatic heterocycles. The van der Waals surface area contributed by atoms with Gasteiger partial charge in [0.05, 0.1) is 28.1 Å². The van der Waals surface area contributed by atoms with Crippen LogP contribution < -0.4 is 4.90 Å². The molecule has 0 fully saturated rings.